The minimum absolute atomic E-state index is 0.126. The number of carboxylic acids is 2. The maximum atomic E-state index is 12.5. The molecule has 1 unspecified atom stereocenters. The normalized spacial score (nSPS) is 21.1. The highest BCUT2D eigenvalue weighted by atomic mass is 32.2. The third-order valence-corrected chi connectivity index (χ3v) is 5.55. The van der Waals surface area contributed by atoms with Gasteiger partial charge in [0.05, 0.1) is 0 Å². The van der Waals surface area contributed by atoms with Crippen LogP contribution in [0.5, 0.6) is 0 Å². The van der Waals surface area contributed by atoms with Gasteiger partial charge in [0.15, 0.2) is 16.9 Å². The zero-order valence-corrected chi connectivity index (χ0v) is 15.9. The van der Waals surface area contributed by atoms with Crippen molar-refractivity contribution < 1.29 is 29.4 Å². The van der Waals surface area contributed by atoms with Crippen LogP contribution in [-0.4, -0.2) is 68.7 Å². The molecule has 0 aliphatic carbocycles. The Kier molecular flexibility index (Phi) is 6.74. The quantitative estimate of drug-likeness (QED) is 0.349. The third-order valence-electron chi connectivity index (χ3n) is 3.47. The molecule has 27 heavy (non-hydrogen) atoms. The number of amides is 1. The van der Waals surface area contributed by atoms with E-state index in [0.29, 0.717) is 5.75 Å². The van der Waals surface area contributed by atoms with Gasteiger partial charge in [-0.15, -0.1) is 23.1 Å². The molecule has 0 spiro atoms. The molecular weight excluding hydrogens is 398 g/mol. The van der Waals surface area contributed by atoms with Crippen molar-refractivity contribution >= 4 is 57.5 Å². The fourth-order valence-corrected chi connectivity index (χ4v) is 3.97. The van der Waals surface area contributed by atoms with Gasteiger partial charge in [-0.25, -0.2) is 14.6 Å². The minimum Gasteiger partial charge on any atom is -0.480 e. The molecule has 1 aromatic heterocycles. The summed E-state index contributed by atoms with van der Waals surface area (Å²) in [6.07, 6.45) is 0. The number of aliphatic carboxylic acids is 2. The van der Waals surface area contributed by atoms with E-state index in [1.54, 1.807) is 6.92 Å². The maximum absolute atomic E-state index is 12.5. The van der Waals surface area contributed by atoms with Crippen molar-refractivity contribution in [2.75, 3.05) is 18.6 Å². The predicted molar refractivity (Wildman–Crippen MR) is 100 cm³/mol. The van der Waals surface area contributed by atoms with Gasteiger partial charge in [0.2, 0.25) is 0 Å². The average molecular weight is 415 g/mol. The van der Waals surface area contributed by atoms with Crippen molar-refractivity contribution in [2.24, 2.45) is 16.1 Å². The largest absolute Gasteiger partial charge is 0.480 e. The Labute approximate surface area is 161 Å². The molecule has 1 amide bonds. The third kappa shape index (κ3) is 4.95. The van der Waals surface area contributed by atoms with E-state index in [4.69, 9.17) is 5.73 Å². The molecule has 1 aliphatic rings. The summed E-state index contributed by atoms with van der Waals surface area (Å²) in [7, 11) is 1.22. The van der Waals surface area contributed by atoms with Gasteiger partial charge in [0.25, 0.3) is 5.91 Å². The van der Waals surface area contributed by atoms with E-state index in [-0.39, 0.29) is 28.2 Å². The molecule has 11 nitrogen and oxygen atoms in total. The van der Waals surface area contributed by atoms with E-state index in [2.05, 4.69) is 25.3 Å². The van der Waals surface area contributed by atoms with Crippen LogP contribution >= 0.6 is 23.1 Å². The lowest BCUT2D eigenvalue weighted by Crippen LogP contribution is -2.51. The molecular formula is C14H17N5O6S2. The lowest BCUT2D eigenvalue weighted by molar-refractivity contribution is -0.141. The maximum Gasteiger partial charge on any atom is 0.350 e. The first kappa shape index (κ1) is 20.6. The summed E-state index contributed by atoms with van der Waals surface area (Å²) < 4.78 is 0. The number of carboxylic acid groups (broad SMARTS) is 2. The summed E-state index contributed by atoms with van der Waals surface area (Å²) in [6.45, 7) is 1.68. The summed E-state index contributed by atoms with van der Waals surface area (Å²) in [5.74, 6) is -3.42. The molecule has 2 heterocycles. The number of carbonyl (C=O) groups is 3. The fourth-order valence-electron chi connectivity index (χ4n) is 2.22. The van der Waals surface area contributed by atoms with Gasteiger partial charge < -0.3 is 26.1 Å². The number of carbonyl (C=O) groups excluding carboxylic acids is 1. The lowest BCUT2D eigenvalue weighted by Gasteiger charge is -2.27. The molecule has 0 saturated heterocycles. The zero-order valence-electron chi connectivity index (χ0n) is 14.3. The summed E-state index contributed by atoms with van der Waals surface area (Å²) in [5.41, 5.74) is 5.29. The highest BCUT2D eigenvalue weighted by Gasteiger charge is 2.36. The van der Waals surface area contributed by atoms with Gasteiger partial charge in [-0.2, -0.15) is 0 Å². The number of anilines is 1. The second-order valence-corrected chi connectivity index (χ2v) is 7.47. The van der Waals surface area contributed by atoms with Crippen molar-refractivity contribution in [1.29, 1.82) is 0 Å². The Bertz CT molecular complexity index is 808. The number of hydrogen-bond acceptors (Lipinski definition) is 10. The van der Waals surface area contributed by atoms with Crippen LogP contribution in [0.3, 0.4) is 0 Å². The topological polar surface area (TPSA) is 177 Å². The molecule has 5 N–H and O–H groups in total. The molecule has 0 fully saturated rings. The van der Waals surface area contributed by atoms with Gasteiger partial charge in [0.1, 0.15) is 23.9 Å². The predicted octanol–water partition coefficient (Wildman–Crippen LogP) is -0.120. The van der Waals surface area contributed by atoms with E-state index in [1.807, 2.05) is 0 Å². The van der Waals surface area contributed by atoms with E-state index >= 15 is 0 Å². The number of nitrogens with one attached hydrogen (secondary N) is 1. The van der Waals surface area contributed by atoms with Crippen molar-refractivity contribution in [3.8, 4) is 0 Å². The van der Waals surface area contributed by atoms with Crippen molar-refractivity contribution in [2.45, 2.75) is 18.3 Å². The van der Waals surface area contributed by atoms with Crippen LogP contribution in [-0.2, 0) is 19.2 Å². The Balaban J connectivity index is 2.27. The van der Waals surface area contributed by atoms with Crippen molar-refractivity contribution in [1.82, 2.24) is 10.3 Å². The second-order valence-electron chi connectivity index (χ2n) is 5.43. The molecule has 13 heteroatoms. The number of thiazole rings is 1. The first-order valence-electron chi connectivity index (χ1n) is 7.53. The molecule has 2 rings (SSSR count). The number of aromatic nitrogens is 1. The van der Waals surface area contributed by atoms with E-state index < -0.39 is 29.3 Å². The van der Waals surface area contributed by atoms with Crippen molar-refractivity contribution in [3.63, 3.8) is 0 Å². The molecule has 1 aromatic rings. The first-order chi connectivity index (χ1) is 12.7. The summed E-state index contributed by atoms with van der Waals surface area (Å²) in [6, 6.07) is -1.47. The van der Waals surface area contributed by atoms with Gasteiger partial charge in [0, 0.05) is 17.1 Å². The van der Waals surface area contributed by atoms with Crippen LogP contribution < -0.4 is 11.1 Å². The molecule has 0 bridgehead atoms. The number of thioether (sulfide) groups is 1. The highest BCUT2D eigenvalue weighted by molar-refractivity contribution is 8.00. The molecule has 146 valence electrons. The minimum atomic E-state index is -1.47. The number of nitrogens with two attached hydrogens (primary N) is 1. The molecule has 0 radical (unpaired) electrons. The summed E-state index contributed by atoms with van der Waals surface area (Å²) in [5, 5.41) is 25.3. The van der Waals surface area contributed by atoms with Crippen LogP contribution in [0.15, 0.2) is 15.5 Å². The van der Waals surface area contributed by atoms with Gasteiger partial charge in [-0.05, 0) is 0 Å². The number of aliphatic imine (C=N–C) groups is 1. The summed E-state index contributed by atoms with van der Waals surface area (Å²) >= 11 is 2.22. The SMILES string of the molecule is CO/N=C(\C(=O)N[C@H](C(=O)O)[C@@H]1N=C(C(=O)O)C(C)CS1)c1csc(N)n1. The van der Waals surface area contributed by atoms with Gasteiger partial charge in [-0.3, -0.25) is 9.79 Å². The van der Waals surface area contributed by atoms with E-state index in [9.17, 15) is 24.6 Å². The second kappa shape index (κ2) is 8.81. The highest BCUT2D eigenvalue weighted by Crippen LogP contribution is 2.27. The standard InChI is InChI=1S/C14H17N5O6S2/c1-5-3-26-11(18-7(5)12(21)22)9(13(23)24)17-10(20)8(19-25-2)6-4-27-14(15)16-6/h4-5,9,11H,3H2,1-2H3,(H2,15,16)(H,17,20)(H,21,22)(H,23,24)/b19-8-/t5?,9-,11+/m0/s1. The molecule has 3 atom stereocenters. The van der Waals surface area contributed by atoms with Crippen LogP contribution in [0.25, 0.3) is 0 Å². The number of nitrogen functional groups attached to an aromatic ring is 1. The van der Waals surface area contributed by atoms with Gasteiger partial charge >= 0.3 is 11.9 Å². The Morgan fingerprint density at radius 3 is 2.67 bits per heavy atom. The number of oxime groups is 1. The summed E-state index contributed by atoms with van der Waals surface area (Å²) in [4.78, 5) is 48.0. The zero-order chi connectivity index (χ0) is 20.1. The first-order valence-corrected chi connectivity index (χ1v) is 9.46. The molecule has 1 aliphatic heterocycles. The number of nitrogens with zero attached hydrogens (tertiary/aromatic N) is 3. The van der Waals surface area contributed by atoms with Gasteiger partial charge in [-0.1, -0.05) is 12.1 Å². The average Bonchev–Trinajstić information content (AvgIpc) is 3.03. The van der Waals surface area contributed by atoms with Crippen LogP contribution in [0, 0.1) is 5.92 Å². The Morgan fingerprint density at radius 2 is 2.15 bits per heavy atom. The lowest BCUT2D eigenvalue weighted by atomic mass is 10.1. The van der Waals surface area contributed by atoms with Crippen LogP contribution in [0.4, 0.5) is 5.13 Å². The van der Waals surface area contributed by atoms with Crippen molar-refractivity contribution in [3.05, 3.63) is 11.1 Å². The number of hydrogen-bond donors (Lipinski definition) is 4. The Hall–Kier alpha value is -2.67. The van der Waals surface area contributed by atoms with Crippen LogP contribution in [0.2, 0.25) is 0 Å². The fraction of sp³-hybridized carbons (Fsp3) is 0.429. The van der Waals surface area contributed by atoms with E-state index in [1.165, 1.54) is 12.5 Å². The smallest absolute Gasteiger partial charge is 0.350 e. The monoisotopic (exact) mass is 415 g/mol. The Morgan fingerprint density at radius 1 is 1.44 bits per heavy atom. The van der Waals surface area contributed by atoms with Crippen LogP contribution in [0.1, 0.15) is 12.6 Å². The molecule has 0 saturated carbocycles. The van der Waals surface area contributed by atoms with E-state index in [0.717, 1.165) is 23.1 Å². The molecule has 0 aromatic carbocycles. The number of rotatable bonds is 7.